The molecule has 0 amide bonds. The van der Waals surface area contributed by atoms with Gasteiger partial charge in [-0.05, 0) is 25.0 Å². The number of non-ortho nitro benzene ring substituents is 1. The van der Waals surface area contributed by atoms with Crippen molar-refractivity contribution in [1.82, 2.24) is 9.55 Å². The summed E-state index contributed by atoms with van der Waals surface area (Å²) in [6.07, 6.45) is -2.61. The Hall–Kier alpha value is -2.38. The third kappa shape index (κ3) is 2.49. The molecule has 0 aliphatic carbocycles. The predicted molar refractivity (Wildman–Crippen MR) is 64.7 cm³/mol. The zero-order chi connectivity index (χ0) is 15.1. The summed E-state index contributed by atoms with van der Waals surface area (Å²) in [5, 5.41) is 10.7. The molecule has 0 atom stereocenters. The lowest BCUT2D eigenvalue weighted by Gasteiger charge is -2.10. The van der Waals surface area contributed by atoms with Gasteiger partial charge in [0.15, 0.2) is 5.69 Å². The fourth-order valence-electron chi connectivity index (χ4n) is 2.04. The second kappa shape index (κ2) is 4.62. The molecule has 2 rings (SSSR count). The summed E-state index contributed by atoms with van der Waals surface area (Å²) in [6, 6.07) is 2.63. The van der Waals surface area contributed by atoms with Crippen LogP contribution in [0.25, 0.3) is 5.69 Å². The summed E-state index contributed by atoms with van der Waals surface area (Å²) in [4.78, 5) is 13.5. The Balaban J connectivity index is 2.53. The summed E-state index contributed by atoms with van der Waals surface area (Å²) in [6.45, 7) is 3.20. The lowest BCUT2D eigenvalue weighted by atomic mass is 10.1. The first kappa shape index (κ1) is 14.0. The van der Waals surface area contributed by atoms with E-state index in [-0.39, 0.29) is 5.69 Å². The third-order valence-corrected chi connectivity index (χ3v) is 2.82. The van der Waals surface area contributed by atoms with Gasteiger partial charge in [-0.2, -0.15) is 13.2 Å². The van der Waals surface area contributed by atoms with E-state index in [2.05, 4.69) is 4.98 Å². The summed E-state index contributed by atoms with van der Waals surface area (Å²) < 4.78 is 38.8. The molecule has 20 heavy (non-hydrogen) atoms. The van der Waals surface area contributed by atoms with Gasteiger partial charge >= 0.3 is 6.18 Å². The summed E-state index contributed by atoms with van der Waals surface area (Å²) >= 11 is 0. The SMILES string of the molecule is Cc1cc([N+](=O)[O-])cc(C)c1-n1cnc(C(F)(F)F)c1. The van der Waals surface area contributed by atoms with Gasteiger partial charge in [0.1, 0.15) is 0 Å². The molecule has 1 aromatic carbocycles. The van der Waals surface area contributed by atoms with E-state index in [4.69, 9.17) is 0 Å². The van der Waals surface area contributed by atoms with E-state index in [0.29, 0.717) is 16.8 Å². The molecule has 0 saturated carbocycles. The molecule has 1 heterocycles. The van der Waals surface area contributed by atoms with Crippen molar-refractivity contribution < 1.29 is 18.1 Å². The zero-order valence-electron chi connectivity index (χ0n) is 10.6. The molecule has 0 saturated heterocycles. The minimum atomic E-state index is -4.52. The molecule has 0 aliphatic heterocycles. The maximum Gasteiger partial charge on any atom is 0.434 e. The Morgan fingerprint density at radius 1 is 1.25 bits per heavy atom. The standard InChI is InChI=1S/C12H10F3N3O2/c1-7-3-9(18(19)20)4-8(2)11(7)17-5-10(16-6-17)12(13,14)15/h3-6H,1-2H3. The first-order valence-corrected chi connectivity index (χ1v) is 5.57. The van der Waals surface area contributed by atoms with E-state index in [1.54, 1.807) is 13.8 Å². The number of halogens is 3. The van der Waals surface area contributed by atoms with Crippen LogP contribution in [0.2, 0.25) is 0 Å². The van der Waals surface area contributed by atoms with Crippen LogP contribution in [0.3, 0.4) is 0 Å². The maximum absolute atomic E-state index is 12.5. The molecular formula is C12H10F3N3O2. The van der Waals surface area contributed by atoms with Crippen molar-refractivity contribution >= 4 is 5.69 Å². The highest BCUT2D eigenvalue weighted by Gasteiger charge is 2.33. The van der Waals surface area contributed by atoms with Crippen LogP contribution in [0.1, 0.15) is 16.8 Å². The largest absolute Gasteiger partial charge is 0.434 e. The van der Waals surface area contributed by atoms with Crippen LogP contribution in [0.15, 0.2) is 24.7 Å². The quantitative estimate of drug-likeness (QED) is 0.627. The van der Waals surface area contributed by atoms with Gasteiger partial charge in [-0.15, -0.1) is 0 Å². The fourth-order valence-corrected chi connectivity index (χ4v) is 2.04. The van der Waals surface area contributed by atoms with Crippen LogP contribution in [0.5, 0.6) is 0 Å². The third-order valence-electron chi connectivity index (χ3n) is 2.82. The van der Waals surface area contributed by atoms with Crippen LogP contribution < -0.4 is 0 Å². The zero-order valence-corrected chi connectivity index (χ0v) is 10.6. The van der Waals surface area contributed by atoms with Crippen molar-refractivity contribution in [3.63, 3.8) is 0 Å². The molecule has 0 aliphatic rings. The van der Waals surface area contributed by atoms with Crippen molar-refractivity contribution in [3.05, 3.63) is 51.6 Å². The predicted octanol–water partition coefficient (Wildman–Crippen LogP) is 3.42. The highest BCUT2D eigenvalue weighted by molar-refractivity contribution is 5.53. The number of alkyl halides is 3. The molecule has 5 nitrogen and oxygen atoms in total. The van der Waals surface area contributed by atoms with E-state index in [0.717, 1.165) is 12.5 Å². The lowest BCUT2D eigenvalue weighted by molar-refractivity contribution is -0.384. The number of nitro benzene ring substituents is 1. The molecule has 0 N–H and O–H groups in total. The van der Waals surface area contributed by atoms with Crippen LogP contribution >= 0.6 is 0 Å². The Bertz CT molecular complexity index is 654. The van der Waals surface area contributed by atoms with Gasteiger partial charge in [-0.25, -0.2) is 4.98 Å². The van der Waals surface area contributed by atoms with Gasteiger partial charge in [-0.1, -0.05) is 0 Å². The Kier molecular flexibility index (Phi) is 3.24. The summed E-state index contributed by atoms with van der Waals surface area (Å²) in [5.41, 5.74) is 0.360. The monoisotopic (exact) mass is 285 g/mol. The highest BCUT2D eigenvalue weighted by Crippen LogP contribution is 2.30. The maximum atomic E-state index is 12.5. The van der Waals surface area contributed by atoms with E-state index in [9.17, 15) is 23.3 Å². The van der Waals surface area contributed by atoms with Crippen LogP contribution in [-0.4, -0.2) is 14.5 Å². The van der Waals surface area contributed by atoms with Crippen molar-refractivity contribution in [1.29, 1.82) is 0 Å². The molecule has 0 spiro atoms. The van der Waals surface area contributed by atoms with Gasteiger partial charge in [0, 0.05) is 18.3 Å². The van der Waals surface area contributed by atoms with E-state index >= 15 is 0 Å². The van der Waals surface area contributed by atoms with Crippen molar-refractivity contribution in [2.24, 2.45) is 0 Å². The Morgan fingerprint density at radius 2 is 1.80 bits per heavy atom. The van der Waals surface area contributed by atoms with E-state index < -0.39 is 16.8 Å². The number of hydrogen-bond acceptors (Lipinski definition) is 3. The average molecular weight is 285 g/mol. The topological polar surface area (TPSA) is 61.0 Å². The number of aryl methyl sites for hydroxylation is 2. The second-order valence-corrected chi connectivity index (χ2v) is 4.35. The molecule has 1 aromatic heterocycles. The molecule has 8 heteroatoms. The number of rotatable bonds is 2. The minimum Gasteiger partial charge on any atom is -0.305 e. The Labute approximate surface area is 111 Å². The summed E-state index contributed by atoms with van der Waals surface area (Å²) in [7, 11) is 0. The average Bonchev–Trinajstić information content (AvgIpc) is 2.76. The number of nitro groups is 1. The van der Waals surface area contributed by atoms with Crippen LogP contribution in [-0.2, 0) is 6.18 Å². The Morgan fingerprint density at radius 3 is 2.20 bits per heavy atom. The van der Waals surface area contributed by atoms with Gasteiger partial charge < -0.3 is 4.57 Å². The van der Waals surface area contributed by atoms with Gasteiger partial charge in [-0.3, -0.25) is 10.1 Å². The first-order chi connectivity index (χ1) is 9.20. The molecule has 0 unspecified atom stereocenters. The van der Waals surface area contributed by atoms with Gasteiger partial charge in [0.2, 0.25) is 0 Å². The van der Waals surface area contributed by atoms with Crippen molar-refractivity contribution in [3.8, 4) is 5.69 Å². The molecule has 0 radical (unpaired) electrons. The number of hydrogen-bond donors (Lipinski definition) is 0. The van der Waals surface area contributed by atoms with Crippen LogP contribution in [0, 0.1) is 24.0 Å². The van der Waals surface area contributed by atoms with Crippen LogP contribution in [0.4, 0.5) is 18.9 Å². The molecule has 2 aromatic rings. The van der Waals surface area contributed by atoms with Crippen molar-refractivity contribution in [2.45, 2.75) is 20.0 Å². The molecule has 106 valence electrons. The second-order valence-electron chi connectivity index (χ2n) is 4.35. The highest BCUT2D eigenvalue weighted by atomic mass is 19.4. The number of benzene rings is 1. The van der Waals surface area contributed by atoms with Gasteiger partial charge in [0.25, 0.3) is 5.69 Å². The smallest absolute Gasteiger partial charge is 0.305 e. The number of aromatic nitrogens is 2. The van der Waals surface area contributed by atoms with Crippen molar-refractivity contribution in [2.75, 3.05) is 0 Å². The van der Waals surface area contributed by atoms with Gasteiger partial charge in [0.05, 0.1) is 16.9 Å². The molecule has 0 fully saturated rings. The van der Waals surface area contributed by atoms with E-state index in [1.807, 2.05) is 0 Å². The fraction of sp³-hybridized carbons (Fsp3) is 0.250. The van der Waals surface area contributed by atoms with E-state index in [1.165, 1.54) is 16.7 Å². The summed E-state index contributed by atoms with van der Waals surface area (Å²) in [5.74, 6) is 0. The molecular weight excluding hydrogens is 275 g/mol. The minimum absolute atomic E-state index is 0.0973. The number of imidazole rings is 1. The lowest BCUT2D eigenvalue weighted by Crippen LogP contribution is -2.05. The molecule has 0 bridgehead atoms. The first-order valence-electron chi connectivity index (χ1n) is 5.57. The normalized spacial score (nSPS) is 11.7. The number of nitrogens with zero attached hydrogens (tertiary/aromatic N) is 3.